The van der Waals surface area contributed by atoms with Crippen LogP contribution in [0.5, 0.6) is 0 Å². The molecule has 0 bridgehead atoms. The first-order valence-corrected chi connectivity index (χ1v) is 8.08. The van der Waals surface area contributed by atoms with Gasteiger partial charge in [0.15, 0.2) is 5.78 Å². The van der Waals surface area contributed by atoms with Gasteiger partial charge in [0.25, 0.3) is 5.56 Å². The average molecular weight is 414 g/mol. The average Bonchev–Trinajstić information content (AvgIpc) is 2.47. The first-order chi connectivity index (χ1) is 9.99. The lowest BCUT2D eigenvalue weighted by Crippen LogP contribution is -2.24. The van der Waals surface area contributed by atoms with Gasteiger partial charge in [0, 0.05) is 29.2 Å². The number of aromatic nitrogens is 2. The molecule has 1 aromatic carbocycles. The number of rotatable bonds is 5. The Morgan fingerprint density at radius 1 is 1.24 bits per heavy atom. The van der Waals surface area contributed by atoms with Gasteiger partial charge in [-0.2, -0.15) is 0 Å². The van der Waals surface area contributed by atoms with Crippen molar-refractivity contribution in [3.05, 3.63) is 61.1 Å². The third-order valence-corrected chi connectivity index (χ3v) is 4.23. The monoisotopic (exact) mass is 412 g/mol. The molecule has 0 aliphatic heterocycles. The molecule has 0 saturated carbocycles. The molecular weight excluding hydrogens is 400 g/mol. The summed E-state index contributed by atoms with van der Waals surface area (Å²) in [6.07, 6.45) is 2.51. The number of aryl methyl sites for hydroxylation is 1. The lowest BCUT2D eigenvalue weighted by Gasteiger charge is -2.09. The van der Waals surface area contributed by atoms with Crippen LogP contribution in [0.15, 0.2) is 44.2 Å². The highest BCUT2D eigenvalue weighted by molar-refractivity contribution is 9.10. The van der Waals surface area contributed by atoms with E-state index in [-0.39, 0.29) is 11.3 Å². The van der Waals surface area contributed by atoms with Crippen LogP contribution >= 0.6 is 31.9 Å². The number of hydrogen-bond donors (Lipinski definition) is 0. The van der Waals surface area contributed by atoms with Crippen molar-refractivity contribution >= 4 is 37.6 Å². The van der Waals surface area contributed by atoms with E-state index in [2.05, 4.69) is 36.8 Å². The van der Waals surface area contributed by atoms with E-state index in [1.807, 2.05) is 12.1 Å². The Bertz CT molecular complexity index is 709. The first-order valence-electron chi connectivity index (χ1n) is 6.50. The molecule has 0 atom stereocenters. The van der Waals surface area contributed by atoms with Gasteiger partial charge in [-0.05, 0) is 41.4 Å². The lowest BCUT2D eigenvalue weighted by molar-refractivity contribution is 0.0978. The van der Waals surface area contributed by atoms with E-state index in [0.717, 1.165) is 4.47 Å². The summed E-state index contributed by atoms with van der Waals surface area (Å²) in [5.41, 5.74) is 0.577. The zero-order chi connectivity index (χ0) is 15.4. The van der Waals surface area contributed by atoms with Crippen LogP contribution in [-0.2, 0) is 6.54 Å². The van der Waals surface area contributed by atoms with E-state index in [9.17, 15) is 9.59 Å². The van der Waals surface area contributed by atoms with Crippen molar-refractivity contribution in [2.75, 3.05) is 0 Å². The van der Waals surface area contributed by atoms with Crippen molar-refractivity contribution < 1.29 is 4.79 Å². The minimum absolute atomic E-state index is 0.0798. The second-order valence-corrected chi connectivity index (χ2v) is 6.41. The second-order valence-electron chi connectivity index (χ2n) is 4.64. The predicted molar refractivity (Wildman–Crippen MR) is 88.6 cm³/mol. The fourth-order valence-electron chi connectivity index (χ4n) is 1.99. The maximum atomic E-state index is 12.1. The number of hydrogen-bond acceptors (Lipinski definition) is 3. The highest BCUT2D eigenvalue weighted by atomic mass is 79.9. The van der Waals surface area contributed by atoms with Crippen molar-refractivity contribution in [2.45, 2.75) is 26.3 Å². The number of carbonyl (C=O) groups is 1. The smallest absolute Gasteiger partial charge is 0.267 e. The topological polar surface area (TPSA) is 52.0 Å². The third-order valence-electron chi connectivity index (χ3n) is 3.16. The van der Waals surface area contributed by atoms with Crippen LogP contribution in [0.25, 0.3) is 0 Å². The van der Waals surface area contributed by atoms with Gasteiger partial charge in [-0.1, -0.05) is 28.1 Å². The normalized spacial score (nSPS) is 10.6. The Morgan fingerprint density at radius 3 is 2.57 bits per heavy atom. The number of nitrogens with zero attached hydrogens (tertiary/aromatic N) is 2. The maximum Gasteiger partial charge on any atom is 0.267 e. The Kier molecular flexibility index (Phi) is 5.47. The molecule has 0 fully saturated rings. The van der Waals surface area contributed by atoms with Gasteiger partial charge < -0.3 is 0 Å². The Labute approximate surface area is 139 Å². The summed E-state index contributed by atoms with van der Waals surface area (Å²) in [6, 6.07) is 7.29. The zero-order valence-electron chi connectivity index (χ0n) is 11.5. The van der Waals surface area contributed by atoms with Gasteiger partial charge >= 0.3 is 0 Å². The van der Waals surface area contributed by atoms with Gasteiger partial charge in [0.1, 0.15) is 10.3 Å². The van der Waals surface area contributed by atoms with Crippen LogP contribution in [0.4, 0.5) is 0 Å². The molecule has 0 aliphatic rings. The summed E-state index contributed by atoms with van der Waals surface area (Å²) in [5, 5.41) is 0. The van der Waals surface area contributed by atoms with Crippen LogP contribution < -0.4 is 5.56 Å². The largest absolute Gasteiger partial charge is 0.296 e. The molecule has 21 heavy (non-hydrogen) atoms. The van der Waals surface area contributed by atoms with Crippen molar-refractivity contribution in [3.8, 4) is 0 Å². The summed E-state index contributed by atoms with van der Waals surface area (Å²) < 4.78 is 2.97. The van der Waals surface area contributed by atoms with Crippen LogP contribution in [0, 0.1) is 6.92 Å². The highest BCUT2D eigenvalue weighted by Crippen LogP contribution is 2.13. The molecule has 0 radical (unpaired) electrons. The van der Waals surface area contributed by atoms with E-state index < -0.39 is 0 Å². The summed E-state index contributed by atoms with van der Waals surface area (Å²) in [4.78, 5) is 28.1. The van der Waals surface area contributed by atoms with Crippen molar-refractivity contribution in [3.63, 3.8) is 0 Å². The summed E-state index contributed by atoms with van der Waals surface area (Å²) in [7, 11) is 0. The molecule has 0 aliphatic carbocycles. The highest BCUT2D eigenvalue weighted by Gasteiger charge is 2.08. The summed E-state index contributed by atoms with van der Waals surface area (Å²) in [5.74, 6) is 0.732. The lowest BCUT2D eigenvalue weighted by atomic mass is 10.1. The number of benzene rings is 1. The van der Waals surface area contributed by atoms with E-state index in [1.165, 1.54) is 6.20 Å². The SMILES string of the molecule is Cc1ncc(Br)c(=O)n1CCCC(=O)c1ccc(Br)cc1. The van der Waals surface area contributed by atoms with Gasteiger partial charge in [-0.15, -0.1) is 0 Å². The molecule has 0 saturated heterocycles. The minimum Gasteiger partial charge on any atom is -0.296 e. The molecule has 2 aromatic rings. The second kappa shape index (κ2) is 7.13. The number of carbonyl (C=O) groups excluding carboxylic acids is 1. The van der Waals surface area contributed by atoms with E-state index in [0.29, 0.717) is 35.2 Å². The number of halogens is 2. The van der Waals surface area contributed by atoms with E-state index in [1.54, 1.807) is 23.6 Å². The van der Waals surface area contributed by atoms with Crippen LogP contribution in [0.1, 0.15) is 29.0 Å². The molecule has 0 spiro atoms. The maximum absolute atomic E-state index is 12.1. The Balaban J connectivity index is 1.99. The van der Waals surface area contributed by atoms with Gasteiger partial charge in [-0.25, -0.2) is 4.98 Å². The molecule has 0 N–H and O–H groups in total. The quantitative estimate of drug-likeness (QED) is 0.701. The molecule has 110 valence electrons. The molecule has 1 aromatic heterocycles. The summed E-state index contributed by atoms with van der Waals surface area (Å²) >= 11 is 6.52. The molecule has 6 heteroatoms. The van der Waals surface area contributed by atoms with Crippen LogP contribution in [0.2, 0.25) is 0 Å². The van der Waals surface area contributed by atoms with Gasteiger partial charge in [0.2, 0.25) is 0 Å². The zero-order valence-corrected chi connectivity index (χ0v) is 14.6. The molecule has 0 amide bonds. The number of ketones is 1. The molecule has 0 unspecified atom stereocenters. The Hall–Kier alpha value is -1.27. The van der Waals surface area contributed by atoms with Crippen molar-refractivity contribution in [2.24, 2.45) is 0 Å². The molecular formula is C15H14Br2N2O2. The molecule has 2 rings (SSSR count). The van der Waals surface area contributed by atoms with Gasteiger partial charge in [-0.3, -0.25) is 14.2 Å². The predicted octanol–water partition coefficient (Wildman–Crippen LogP) is 3.74. The third kappa shape index (κ3) is 4.11. The van der Waals surface area contributed by atoms with Crippen molar-refractivity contribution in [1.82, 2.24) is 9.55 Å². The molecule has 1 heterocycles. The van der Waals surface area contributed by atoms with Gasteiger partial charge in [0.05, 0.1) is 0 Å². The Morgan fingerprint density at radius 2 is 1.90 bits per heavy atom. The van der Waals surface area contributed by atoms with Crippen LogP contribution in [-0.4, -0.2) is 15.3 Å². The molecule has 4 nitrogen and oxygen atoms in total. The van der Waals surface area contributed by atoms with Crippen molar-refractivity contribution in [1.29, 1.82) is 0 Å². The fourth-order valence-corrected chi connectivity index (χ4v) is 2.57. The minimum atomic E-state index is -0.112. The van der Waals surface area contributed by atoms with Crippen LogP contribution in [0.3, 0.4) is 0 Å². The number of Topliss-reactive ketones (excluding diaryl/α,β-unsaturated/α-hetero) is 1. The fraction of sp³-hybridized carbons (Fsp3) is 0.267. The van der Waals surface area contributed by atoms with E-state index >= 15 is 0 Å². The first kappa shape index (κ1) is 16.1. The summed E-state index contributed by atoms with van der Waals surface area (Å²) in [6.45, 7) is 2.27. The van der Waals surface area contributed by atoms with E-state index in [4.69, 9.17) is 0 Å². The standard InChI is InChI=1S/C15H14Br2N2O2/c1-10-18-9-13(17)15(21)19(10)8-2-3-14(20)11-4-6-12(16)7-5-11/h4-7,9H,2-3,8H2,1H3.